The quantitative estimate of drug-likeness (QED) is 0.697. The smallest absolute Gasteiger partial charge is 0.233 e. The lowest BCUT2D eigenvalue weighted by molar-refractivity contribution is 0.0675. The van der Waals surface area contributed by atoms with Gasteiger partial charge in [-0.3, -0.25) is 14.3 Å². The molecule has 0 saturated carbocycles. The summed E-state index contributed by atoms with van der Waals surface area (Å²) < 4.78 is 7.78. The van der Waals surface area contributed by atoms with Gasteiger partial charge < -0.3 is 4.74 Å². The molecule has 0 aliphatic carbocycles. The summed E-state index contributed by atoms with van der Waals surface area (Å²) in [5.41, 5.74) is 2.23. The summed E-state index contributed by atoms with van der Waals surface area (Å²) in [5.74, 6) is 0.742. The number of ether oxygens (including phenoxy) is 1. The van der Waals surface area contributed by atoms with Gasteiger partial charge in [-0.15, -0.1) is 0 Å². The molecule has 24 heavy (non-hydrogen) atoms. The van der Waals surface area contributed by atoms with Gasteiger partial charge in [0.2, 0.25) is 5.78 Å². The highest BCUT2D eigenvalue weighted by molar-refractivity contribution is 5.29. The highest BCUT2D eigenvalue weighted by atomic mass is 16.5. The minimum Gasteiger partial charge on any atom is -0.377 e. The zero-order valence-electron chi connectivity index (χ0n) is 13.6. The van der Waals surface area contributed by atoms with Crippen LogP contribution in [0.3, 0.4) is 0 Å². The number of pyridine rings is 1. The predicted molar refractivity (Wildman–Crippen MR) is 90.3 cm³/mol. The fourth-order valence-corrected chi connectivity index (χ4v) is 3.20. The van der Waals surface area contributed by atoms with Crippen LogP contribution in [-0.4, -0.2) is 43.5 Å². The average molecular weight is 323 g/mol. The molecule has 1 atom stereocenters. The molecule has 6 nitrogen and oxygen atoms in total. The molecular formula is C18H21N5O. The zero-order chi connectivity index (χ0) is 16.2. The summed E-state index contributed by atoms with van der Waals surface area (Å²) in [5, 5.41) is 0. The van der Waals surface area contributed by atoms with Gasteiger partial charge in [-0.25, -0.2) is 9.97 Å². The average Bonchev–Trinajstić information content (AvgIpc) is 3.24. The van der Waals surface area contributed by atoms with Crippen LogP contribution in [-0.2, 0) is 17.8 Å². The summed E-state index contributed by atoms with van der Waals surface area (Å²) in [7, 11) is 0. The van der Waals surface area contributed by atoms with Crippen molar-refractivity contribution in [1.29, 1.82) is 0 Å². The largest absolute Gasteiger partial charge is 0.377 e. The molecule has 0 N–H and O–H groups in total. The molecule has 4 heterocycles. The SMILES string of the molecule is c1cncc(CN(Cc2cn3cccnc3n2)CC2CCCO2)c1. The molecule has 0 spiro atoms. The first-order valence-corrected chi connectivity index (χ1v) is 8.38. The monoisotopic (exact) mass is 323 g/mol. The summed E-state index contributed by atoms with van der Waals surface area (Å²) in [6.07, 6.45) is 12.1. The van der Waals surface area contributed by atoms with Crippen molar-refractivity contribution in [2.45, 2.75) is 32.0 Å². The Bertz CT molecular complexity index is 749. The van der Waals surface area contributed by atoms with Gasteiger partial charge in [-0.1, -0.05) is 6.07 Å². The minimum absolute atomic E-state index is 0.317. The van der Waals surface area contributed by atoms with E-state index in [2.05, 4.69) is 25.9 Å². The van der Waals surface area contributed by atoms with Crippen molar-refractivity contribution >= 4 is 5.78 Å². The summed E-state index contributed by atoms with van der Waals surface area (Å²) >= 11 is 0. The van der Waals surface area contributed by atoms with Crippen molar-refractivity contribution in [1.82, 2.24) is 24.3 Å². The number of hydrogen-bond acceptors (Lipinski definition) is 5. The first-order valence-electron chi connectivity index (χ1n) is 8.38. The van der Waals surface area contributed by atoms with Gasteiger partial charge in [-0.2, -0.15) is 0 Å². The van der Waals surface area contributed by atoms with Crippen molar-refractivity contribution in [3.8, 4) is 0 Å². The molecule has 0 aromatic carbocycles. The second-order valence-electron chi connectivity index (χ2n) is 6.23. The minimum atomic E-state index is 0.317. The Hall–Kier alpha value is -2.31. The summed E-state index contributed by atoms with van der Waals surface area (Å²) in [6.45, 7) is 3.41. The number of aromatic nitrogens is 4. The maximum absolute atomic E-state index is 5.82. The summed E-state index contributed by atoms with van der Waals surface area (Å²) in [4.78, 5) is 15.5. The van der Waals surface area contributed by atoms with Crippen molar-refractivity contribution in [3.63, 3.8) is 0 Å². The third kappa shape index (κ3) is 3.60. The van der Waals surface area contributed by atoms with E-state index in [9.17, 15) is 0 Å². The molecule has 3 aromatic rings. The third-order valence-corrected chi connectivity index (χ3v) is 4.29. The molecule has 1 unspecified atom stereocenters. The Morgan fingerprint density at radius 1 is 1.25 bits per heavy atom. The Morgan fingerprint density at radius 2 is 2.25 bits per heavy atom. The van der Waals surface area contributed by atoms with Crippen LogP contribution in [0.25, 0.3) is 5.78 Å². The van der Waals surface area contributed by atoms with E-state index in [4.69, 9.17) is 4.74 Å². The number of fused-ring (bicyclic) bond motifs is 1. The highest BCUT2D eigenvalue weighted by Gasteiger charge is 2.20. The fraction of sp³-hybridized carbons (Fsp3) is 0.389. The van der Waals surface area contributed by atoms with E-state index < -0.39 is 0 Å². The summed E-state index contributed by atoms with van der Waals surface area (Å²) in [6, 6.07) is 6.01. The Balaban J connectivity index is 1.51. The first kappa shape index (κ1) is 15.2. The molecule has 1 fully saturated rings. The Labute approximate surface area is 141 Å². The molecular weight excluding hydrogens is 302 g/mol. The lowest BCUT2D eigenvalue weighted by atomic mass is 10.2. The van der Waals surface area contributed by atoms with Crippen molar-refractivity contribution in [2.24, 2.45) is 0 Å². The van der Waals surface area contributed by atoms with Crippen LogP contribution < -0.4 is 0 Å². The van der Waals surface area contributed by atoms with Gasteiger partial charge in [0.25, 0.3) is 0 Å². The fourth-order valence-electron chi connectivity index (χ4n) is 3.20. The lowest BCUT2D eigenvalue weighted by Gasteiger charge is -2.24. The van der Waals surface area contributed by atoms with Crippen LogP contribution in [0.4, 0.5) is 0 Å². The Kier molecular flexibility index (Phi) is 4.49. The normalized spacial score (nSPS) is 17.8. The number of nitrogens with zero attached hydrogens (tertiary/aromatic N) is 5. The zero-order valence-corrected chi connectivity index (χ0v) is 13.6. The number of rotatable bonds is 6. The van der Waals surface area contributed by atoms with Crippen molar-refractivity contribution in [3.05, 3.63) is 60.4 Å². The molecule has 0 amide bonds. The second-order valence-corrected chi connectivity index (χ2v) is 6.23. The van der Waals surface area contributed by atoms with Crippen LogP contribution >= 0.6 is 0 Å². The van der Waals surface area contributed by atoms with E-state index in [0.29, 0.717) is 6.10 Å². The third-order valence-electron chi connectivity index (χ3n) is 4.29. The van der Waals surface area contributed by atoms with E-state index in [0.717, 1.165) is 50.6 Å². The van der Waals surface area contributed by atoms with Gasteiger partial charge in [0.15, 0.2) is 0 Å². The van der Waals surface area contributed by atoms with Gasteiger partial charge >= 0.3 is 0 Å². The molecule has 1 saturated heterocycles. The second kappa shape index (κ2) is 7.07. The van der Waals surface area contributed by atoms with Crippen LogP contribution in [0.5, 0.6) is 0 Å². The van der Waals surface area contributed by atoms with Gasteiger partial charge in [0.05, 0.1) is 11.8 Å². The van der Waals surface area contributed by atoms with E-state index in [1.165, 1.54) is 5.56 Å². The van der Waals surface area contributed by atoms with Gasteiger partial charge in [-0.05, 0) is 30.5 Å². The number of hydrogen-bond donors (Lipinski definition) is 0. The molecule has 6 heteroatoms. The maximum atomic E-state index is 5.82. The van der Waals surface area contributed by atoms with E-state index in [-0.39, 0.29) is 0 Å². The first-order chi connectivity index (χ1) is 11.9. The van der Waals surface area contributed by atoms with Crippen molar-refractivity contribution in [2.75, 3.05) is 13.2 Å². The highest BCUT2D eigenvalue weighted by Crippen LogP contribution is 2.17. The molecule has 0 bridgehead atoms. The predicted octanol–water partition coefficient (Wildman–Crippen LogP) is 2.31. The molecule has 1 aliphatic rings. The van der Waals surface area contributed by atoms with Gasteiger partial charge in [0, 0.05) is 57.2 Å². The van der Waals surface area contributed by atoms with E-state index in [1.807, 2.05) is 41.3 Å². The van der Waals surface area contributed by atoms with Crippen LogP contribution in [0.15, 0.2) is 49.2 Å². The Morgan fingerprint density at radius 3 is 3.04 bits per heavy atom. The molecule has 3 aromatic heterocycles. The van der Waals surface area contributed by atoms with Crippen LogP contribution in [0.2, 0.25) is 0 Å². The lowest BCUT2D eigenvalue weighted by Crippen LogP contribution is -2.31. The van der Waals surface area contributed by atoms with E-state index in [1.54, 1.807) is 6.20 Å². The maximum Gasteiger partial charge on any atom is 0.233 e. The van der Waals surface area contributed by atoms with Gasteiger partial charge in [0.1, 0.15) is 0 Å². The van der Waals surface area contributed by atoms with Crippen LogP contribution in [0, 0.1) is 0 Å². The molecule has 0 radical (unpaired) electrons. The molecule has 1 aliphatic heterocycles. The molecule has 4 rings (SSSR count). The molecule has 124 valence electrons. The standard InChI is InChI=1S/C18H21N5O/c1-4-15(10-19-6-1)11-22(14-17-5-2-9-24-17)12-16-13-23-8-3-7-20-18(23)21-16/h1,3-4,6-8,10,13,17H,2,5,9,11-12,14H2. The van der Waals surface area contributed by atoms with Crippen molar-refractivity contribution < 1.29 is 4.74 Å². The number of imidazole rings is 1. The van der Waals surface area contributed by atoms with Crippen LogP contribution in [0.1, 0.15) is 24.1 Å². The van der Waals surface area contributed by atoms with E-state index >= 15 is 0 Å². The topological polar surface area (TPSA) is 55.6 Å².